The van der Waals surface area contributed by atoms with Crippen molar-refractivity contribution in [3.05, 3.63) is 30.1 Å². The Bertz CT molecular complexity index is 495. The Kier molecular flexibility index (Phi) is 4.77. The molecule has 22 heavy (non-hydrogen) atoms. The van der Waals surface area contributed by atoms with E-state index in [0.29, 0.717) is 45.1 Å². The summed E-state index contributed by atoms with van der Waals surface area (Å²) in [5, 5.41) is 0. The van der Waals surface area contributed by atoms with Crippen LogP contribution in [0.1, 0.15) is 12.8 Å². The average Bonchev–Trinajstić information content (AvgIpc) is 2.58. The fourth-order valence-corrected chi connectivity index (χ4v) is 2.83. The van der Waals surface area contributed by atoms with Crippen LogP contribution in [0.4, 0.5) is 9.18 Å². The molecular weight excluding hydrogens is 287 g/mol. The lowest BCUT2D eigenvalue weighted by Crippen LogP contribution is -2.51. The molecule has 2 amide bonds. The van der Waals surface area contributed by atoms with Crippen LogP contribution in [-0.4, -0.2) is 61.3 Å². The standard InChI is InChI=1S/C16H21FN2O3/c17-13-1-3-14(4-2-13)22-15-5-7-18(8-6-15)16(20)19-9-11-21-12-10-19/h1-4,15H,5-12H2. The summed E-state index contributed by atoms with van der Waals surface area (Å²) in [6, 6.07) is 6.17. The number of amides is 2. The number of likely N-dealkylation sites (tertiary alicyclic amines) is 1. The van der Waals surface area contributed by atoms with E-state index in [1.54, 1.807) is 12.1 Å². The smallest absolute Gasteiger partial charge is 0.320 e. The van der Waals surface area contributed by atoms with Crippen molar-refractivity contribution in [2.45, 2.75) is 18.9 Å². The van der Waals surface area contributed by atoms with Gasteiger partial charge >= 0.3 is 6.03 Å². The summed E-state index contributed by atoms with van der Waals surface area (Å²) in [7, 11) is 0. The molecule has 2 saturated heterocycles. The number of morpholine rings is 1. The largest absolute Gasteiger partial charge is 0.490 e. The fraction of sp³-hybridized carbons (Fsp3) is 0.562. The van der Waals surface area contributed by atoms with Gasteiger partial charge in [-0.1, -0.05) is 0 Å². The predicted octanol–water partition coefficient (Wildman–Crippen LogP) is 2.12. The van der Waals surface area contributed by atoms with Gasteiger partial charge in [0.05, 0.1) is 13.2 Å². The Hall–Kier alpha value is -1.82. The molecule has 2 aliphatic heterocycles. The van der Waals surface area contributed by atoms with Crippen molar-refractivity contribution in [1.82, 2.24) is 9.80 Å². The summed E-state index contributed by atoms with van der Waals surface area (Å²) in [6.45, 7) is 3.98. The first-order valence-corrected chi connectivity index (χ1v) is 7.76. The SMILES string of the molecule is O=C(N1CCOCC1)N1CCC(Oc2ccc(F)cc2)CC1. The van der Waals surface area contributed by atoms with Gasteiger partial charge in [0.1, 0.15) is 17.7 Å². The van der Waals surface area contributed by atoms with Crippen LogP contribution in [0.25, 0.3) is 0 Å². The zero-order valence-electron chi connectivity index (χ0n) is 12.5. The minimum absolute atomic E-state index is 0.0826. The van der Waals surface area contributed by atoms with Gasteiger partial charge in [-0.05, 0) is 24.3 Å². The third kappa shape index (κ3) is 3.68. The highest BCUT2D eigenvalue weighted by Crippen LogP contribution is 2.20. The molecule has 2 aliphatic rings. The number of ether oxygens (including phenoxy) is 2. The normalized spacial score (nSPS) is 20.0. The van der Waals surface area contributed by atoms with E-state index in [4.69, 9.17) is 9.47 Å². The van der Waals surface area contributed by atoms with E-state index in [9.17, 15) is 9.18 Å². The molecule has 6 heteroatoms. The van der Waals surface area contributed by atoms with Gasteiger partial charge in [-0.3, -0.25) is 0 Å². The van der Waals surface area contributed by atoms with Crippen LogP contribution in [0.2, 0.25) is 0 Å². The summed E-state index contributed by atoms with van der Waals surface area (Å²) in [5.41, 5.74) is 0. The fourth-order valence-electron chi connectivity index (χ4n) is 2.83. The first-order valence-electron chi connectivity index (χ1n) is 7.76. The van der Waals surface area contributed by atoms with Crippen LogP contribution >= 0.6 is 0 Å². The molecule has 0 aromatic heterocycles. The minimum atomic E-state index is -0.265. The van der Waals surface area contributed by atoms with Gasteiger partial charge in [-0.2, -0.15) is 0 Å². The Morgan fingerprint density at radius 3 is 2.27 bits per heavy atom. The van der Waals surface area contributed by atoms with Crippen molar-refractivity contribution in [3.63, 3.8) is 0 Å². The topological polar surface area (TPSA) is 42.0 Å². The van der Waals surface area contributed by atoms with Crippen molar-refractivity contribution < 1.29 is 18.7 Å². The second-order valence-corrected chi connectivity index (χ2v) is 5.64. The highest BCUT2D eigenvalue weighted by Gasteiger charge is 2.27. The molecule has 3 rings (SSSR count). The van der Waals surface area contributed by atoms with Crippen LogP contribution < -0.4 is 4.74 Å². The Morgan fingerprint density at radius 1 is 1.05 bits per heavy atom. The molecule has 2 heterocycles. The van der Waals surface area contributed by atoms with Gasteiger partial charge in [0, 0.05) is 39.0 Å². The molecule has 0 atom stereocenters. The van der Waals surface area contributed by atoms with Crippen molar-refractivity contribution in [1.29, 1.82) is 0 Å². The van der Waals surface area contributed by atoms with Crippen LogP contribution in [0.3, 0.4) is 0 Å². The van der Waals surface area contributed by atoms with Crippen molar-refractivity contribution in [2.75, 3.05) is 39.4 Å². The highest BCUT2D eigenvalue weighted by molar-refractivity contribution is 5.74. The van der Waals surface area contributed by atoms with Gasteiger partial charge < -0.3 is 19.3 Å². The third-order valence-electron chi connectivity index (χ3n) is 4.11. The number of hydrogen-bond acceptors (Lipinski definition) is 3. The van der Waals surface area contributed by atoms with E-state index in [0.717, 1.165) is 12.8 Å². The predicted molar refractivity (Wildman–Crippen MR) is 79.4 cm³/mol. The number of halogens is 1. The number of carbonyl (C=O) groups excluding carboxylic acids is 1. The molecule has 0 bridgehead atoms. The third-order valence-corrected chi connectivity index (χ3v) is 4.11. The number of piperidine rings is 1. The molecule has 1 aromatic carbocycles. The van der Waals surface area contributed by atoms with E-state index in [1.165, 1.54) is 12.1 Å². The zero-order chi connectivity index (χ0) is 15.4. The summed E-state index contributed by atoms with van der Waals surface area (Å²) < 4.78 is 24.0. The second-order valence-electron chi connectivity index (χ2n) is 5.64. The molecule has 0 spiro atoms. The summed E-state index contributed by atoms with van der Waals surface area (Å²) in [6.07, 6.45) is 1.68. The van der Waals surface area contributed by atoms with Crippen LogP contribution in [0, 0.1) is 5.82 Å². The Labute approximate surface area is 129 Å². The van der Waals surface area contributed by atoms with Crippen molar-refractivity contribution >= 4 is 6.03 Å². The Morgan fingerprint density at radius 2 is 1.64 bits per heavy atom. The molecular formula is C16H21FN2O3. The zero-order valence-corrected chi connectivity index (χ0v) is 12.5. The van der Waals surface area contributed by atoms with Gasteiger partial charge in [0.15, 0.2) is 0 Å². The van der Waals surface area contributed by atoms with E-state index < -0.39 is 0 Å². The highest BCUT2D eigenvalue weighted by atomic mass is 19.1. The van der Waals surface area contributed by atoms with E-state index >= 15 is 0 Å². The molecule has 1 aromatic rings. The number of hydrogen-bond donors (Lipinski definition) is 0. The van der Waals surface area contributed by atoms with Gasteiger partial charge in [0.2, 0.25) is 0 Å². The number of urea groups is 1. The van der Waals surface area contributed by atoms with E-state index in [2.05, 4.69) is 0 Å². The lowest BCUT2D eigenvalue weighted by atomic mass is 10.1. The van der Waals surface area contributed by atoms with Crippen LogP contribution in [0.15, 0.2) is 24.3 Å². The van der Waals surface area contributed by atoms with Gasteiger partial charge in [-0.15, -0.1) is 0 Å². The summed E-state index contributed by atoms with van der Waals surface area (Å²) in [5.74, 6) is 0.414. The quantitative estimate of drug-likeness (QED) is 0.840. The molecule has 0 N–H and O–H groups in total. The molecule has 5 nitrogen and oxygen atoms in total. The first kappa shape index (κ1) is 15.1. The number of rotatable bonds is 2. The second kappa shape index (κ2) is 6.96. The molecule has 0 radical (unpaired) electrons. The van der Waals surface area contributed by atoms with Crippen molar-refractivity contribution in [2.24, 2.45) is 0 Å². The van der Waals surface area contributed by atoms with Gasteiger partial charge in [-0.25, -0.2) is 9.18 Å². The molecule has 2 fully saturated rings. The molecule has 0 aliphatic carbocycles. The maximum atomic E-state index is 12.9. The number of nitrogens with zero attached hydrogens (tertiary/aromatic N) is 2. The molecule has 0 saturated carbocycles. The molecule has 0 unspecified atom stereocenters. The Balaban J connectivity index is 1.47. The van der Waals surface area contributed by atoms with Gasteiger partial charge in [0.25, 0.3) is 0 Å². The average molecular weight is 308 g/mol. The van der Waals surface area contributed by atoms with E-state index in [-0.39, 0.29) is 18.0 Å². The summed E-state index contributed by atoms with van der Waals surface area (Å²) in [4.78, 5) is 16.1. The van der Waals surface area contributed by atoms with Crippen LogP contribution in [0.5, 0.6) is 5.75 Å². The van der Waals surface area contributed by atoms with Crippen molar-refractivity contribution in [3.8, 4) is 5.75 Å². The number of carbonyl (C=O) groups is 1. The summed E-state index contributed by atoms with van der Waals surface area (Å²) >= 11 is 0. The molecule has 120 valence electrons. The number of benzene rings is 1. The maximum absolute atomic E-state index is 12.9. The first-order chi connectivity index (χ1) is 10.7. The van der Waals surface area contributed by atoms with E-state index in [1.807, 2.05) is 9.80 Å². The monoisotopic (exact) mass is 308 g/mol. The lowest BCUT2D eigenvalue weighted by Gasteiger charge is -2.37. The van der Waals surface area contributed by atoms with Crippen LogP contribution in [-0.2, 0) is 4.74 Å². The minimum Gasteiger partial charge on any atom is -0.490 e. The maximum Gasteiger partial charge on any atom is 0.320 e. The lowest BCUT2D eigenvalue weighted by molar-refractivity contribution is 0.0360.